The third-order valence-corrected chi connectivity index (χ3v) is 5.53. The third kappa shape index (κ3) is 11.7. The molecule has 0 heterocycles. The molecule has 1 rings (SSSR count). The highest BCUT2D eigenvalue weighted by Crippen LogP contribution is 2.07. The standard InChI is InChI=1S/C24H38N8O6/c1-13(2)19(26)22(36)30-15(9-6-10-29-24(27)28)20(34)31-16(12-18(25)33)21(35)32-17(23(37)38)11-14-7-4-3-5-8-14/h3-5,7-8,13,15-17,19H,6,9-12,26H2,1-2H3,(H2,25,33)(H,30,36)(H,31,34)(H,32,35)(H,37,38)(H4,27,28,29). The smallest absolute Gasteiger partial charge is 0.326 e. The predicted octanol–water partition coefficient (Wildman–Crippen LogP) is -2.32. The van der Waals surface area contributed by atoms with Gasteiger partial charge in [0.15, 0.2) is 5.96 Å². The van der Waals surface area contributed by atoms with Crippen molar-refractivity contribution in [1.82, 2.24) is 16.0 Å². The number of amides is 4. The maximum atomic E-state index is 13.1. The van der Waals surface area contributed by atoms with Crippen molar-refractivity contribution in [3.05, 3.63) is 35.9 Å². The molecule has 14 nitrogen and oxygen atoms in total. The molecule has 1 aromatic carbocycles. The summed E-state index contributed by atoms with van der Waals surface area (Å²) in [6.45, 7) is 3.64. The highest BCUT2D eigenvalue weighted by Gasteiger charge is 2.31. The van der Waals surface area contributed by atoms with Crippen LogP contribution in [0.25, 0.3) is 0 Å². The van der Waals surface area contributed by atoms with Gasteiger partial charge in [-0.3, -0.25) is 24.2 Å². The summed E-state index contributed by atoms with van der Waals surface area (Å²) < 4.78 is 0. The van der Waals surface area contributed by atoms with Crippen LogP contribution in [0.1, 0.15) is 38.7 Å². The van der Waals surface area contributed by atoms with Gasteiger partial charge in [-0.15, -0.1) is 0 Å². The molecule has 4 unspecified atom stereocenters. The number of aliphatic carboxylic acids is 1. The number of aliphatic imine (C=N–C) groups is 1. The first-order valence-corrected chi connectivity index (χ1v) is 12.1. The SMILES string of the molecule is CC(C)C(N)C(=O)NC(CCCN=C(N)N)C(=O)NC(CC(N)=O)C(=O)NC(Cc1ccccc1)C(=O)O. The summed E-state index contributed by atoms with van der Waals surface area (Å²) in [5.74, 6) is -4.88. The molecular weight excluding hydrogens is 496 g/mol. The van der Waals surface area contributed by atoms with Gasteiger partial charge < -0.3 is 44.0 Å². The number of rotatable bonds is 16. The second kappa shape index (κ2) is 15.8. The Morgan fingerprint density at radius 2 is 1.42 bits per heavy atom. The van der Waals surface area contributed by atoms with Crippen LogP contribution in [0.2, 0.25) is 0 Å². The Labute approximate surface area is 221 Å². The minimum atomic E-state index is -1.49. The zero-order valence-electron chi connectivity index (χ0n) is 21.6. The molecule has 12 N–H and O–H groups in total. The van der Waals surface area contributed by atoms with Crippen molar-refractivity contribution in [3.8, 4) is 0 Å². The lowest BCUT2D eigenvalue weighted by molar-refractivity contribution is -0.142. The summed E-state index contributed by atoms with van der Waals surface area (Å²) in [6.07, 6.45) is -0.265. The maximum absolute atomic E-state index is 13.1. The Morgan fingerprint density at radius 1 is 0.868 bits per heavy atom. The van der Waals surface area contributed by atoms with E-state index in [1.54, 1.807) is 44.2 Å². The summed E-state index contributed by atoms with van der Waals surface area (Å²) >= 11 is 0. The molecule has 0 spiro atoms. The number of carbonyl (C=O) groups excluding carboxylic acids is 4. The van der Waals surface area contributed by atoms with Gasteiger partial charge in [-0.1, -0.05) is 44.2 Å². The van der Waals surface area contributed by atoms with Gasteiger partial charge in [0.05, 0.1) is 12.5 Å². The van der Waals surface area contributed by atoms with Crippen molar-refractivity contribution in [2.24, 2.45) is 33.8 Å². The Kier molecular flexibility index (Phi) is 13.2. The minimum absolute atomic E-state index is 0.0320. The van der Waals surface area contributed by atoms with Crippen LogP contribution in [0, 0.1) is 5.92 Å². The lowest BCUT2D eigenvalue weighted by atomic mass is 10.0. The lowest BCUT2D eigenvalue weighted by Crippen LogP contribution is -2.58. The quantitative estimate of drug-likeness (QED) is 0.0642. The lowest BCUT2D eigenvalue weighted by Gasteiger charge is -2.25. The number of carbonyl (C=O) groups is 5. The van der Waals surface area contributed by atoms with E-state index in [2.05, 4.69) is 20.9 Å². The van der Waals surface area contributed by atoms with E-state index in [-0.39, 0.29) is 37.7 Å². The van der Waals surface area contributed by atoms with Crippen LogP contribution in [0.4, 0.5) is 0 Å². The summed E-state index contributed by atoms with van der Waals surface area (Å²) in [5.41, 5.74) is 22.4. The van der Waals surface area contributed by atoms with E-state index < -0.39 is 60.2 Å². The van der Waals surface area contributed by atoms with Crippen molar-refractivity contribution >= 4 is 35.6 Å². The highest BCUT2D eigenvalue weighted by molar-refractivity contribution is 5.96. The molecule has 1 aromatic rings. The average molecular weight is 535 g/mol. The number of benzene rings is 1. The monoisotopic (exact) mass is 534 g/mol. The molecule has 210 valence electrons. The fourth-order valence-electron chi connectivity index (χ4n) is 3.35. The van der Waals surface area contributed by atoms with Gasteiger partial charge in [-0.25, -0.2) is 4.79 Å². The molecule has 0 aliphatic carbocycles. The molecular formula is C24H38N8O6. The van der Waals surface area contributed by atoms with Gasteiger partial charge in [0.1, 0.15) is 18.1 Å². The first-order valence-electron chi connectivity index (χ1n) is 12.1. The van der Waals surface area contributed by atoms with Crippen molar-refractivity contribution in [3.63, 3.8) is 0 Å². The maximum Gasteiger partial charge on any atom is 0.326 e. The average Bonchev–Trinajstić information content (AvgIpc) is 2.84. The zero-order chi connectivity index (χ0) is 28.8. The molecule has 4 atom stereocenters. The number of carboxylic acids is 1. The van der Waals surface area contributed by atoms with Crippen LogP contribution in [0.3, 0.4) is 0 Å². The summed E-state index contributed by atoms with van der Waals surface area (Å²) in [5, 5.41) is 16.9. The molecule has 0 aliphatic rings. The van der Waals surface area contributed by atoms with Crippen molar-refractivity contribution in [2.75, 3.05) is 6.54 Å². The van der Waals surface area contributed by atoms with Gasteiger partial charge in [-0.05, 0) is 24.3 Å². The second-order valence-corrected chi connectivity index (χ2v) is 9.10. The van der Waals surface area contributed by atoms with E-state index >= 15 is 0 Å². The molecule has 0 saturated carbocycles. The van der Waals surface area contributed by atoms with E-state index in [0.29, 0.717) is 5.56 Å². The van der Waals surface area contributed by atoms with E-state index in [4.69, 9.17) is 22.9 Å². The van der Waals surface area contributed by atoms with Gasteiger partial charge in [0, 0.05) is 13.0 Å². The third-order valence-electron chi connectivity index (χ3n) is 5.53. The first kappa shape index (κ1) is 31.8. The molecule has 38 heavy (non-hydrogen) atoms. The van der Waals surface area contributed by atoms with Crippen LogP contribution in [-0.4, -0.2) is 71.4 Å². The summed E-state index contributed by atoms with van der Waals surface area (Å²) in [7, 11) is 0. The molecule has 0 saturated heterocycles. The van der Waals surface area contributed by atoms with Gasteiger partial charge in [0.25, 0.3) is 0 Å². The van der Waals surface area contributed by atoms with E-state index in [0.717, 1.165) is 0 Å². The number of nitrogens with zero attached hydrogens (tertiary/aromatic N) is 1. The van der Waals surface area contributed by atoms with Crippen molar-refractivity contribution in [1.29, 1.82) is 0 Å². The second-order valence-electron chi connectivity index (χ2n) is 9.10. The van der Waals surface area contributed by atoms with E-state index in [9.17, 15) is 29.1 Å². The summed E-state index contributed by atoms with van der Waals surface area (Å²) in [4.78, 5) is 65.8. The first-order chi connectivity index (χ1) is 17.8. The molecule has 14 heteroatoms. The fraction of sp³-hybridized carbons (Fsp3) is 0.500. The normalized spacial score (nSPS) is 13.9. The number of hydrogen-bond acceptors (Lipinski definition) is 7. The Morgan fingerprint density at radius 3 is 1.95 bits per heavy atom. The molecule has 0 aromatic heterocycles. The molecule has 0 radical (unpaired) electrons. The molecule has 0 aliphatic heterocycles. The van der Waals surface area contributed by atoms with E-state index in [1.807, 2.05) is 0 Å². The Balaban J connectivity index is 3.05. The number of nitrogens with two attached hydrogens (primary N) is 4. The van der Waals surface area contributed by atoms with Crippen molar-refractivity contribution in [2.45, 2.75) is 63.7 Å². The van der Waals surface area contributed by atoms with Crippen LogP contribution in [-0.2, 0) is 30.4 Å². The van der Waals surface area contributed by atoms with Crippen LogP contribution in [0.15, 0.2) is 35.3 Å². The van der Waals surface area contributed by atoms with Gasteiger partial charge in [0.2, 0.25) is 23.6 Å². The predicted molar refractivity (Wildman–Crippen MR) is 140 cm³/mol. The highest BCUT2D eigenvalue weighted by atomic mass is 16.4. The van der Waals surface area contributed by atoms with Gasteiger partial charge in [-0.2, -0.15) is 0 Å². The van der Waals surface area contributed by atoms with Crippen LogP contribution >= 0.6 is 0 Å². The van der Waals surface area contributed by atoms with Crippen LogP contribution in [0.5, 0.6) is 0 Å². The largest absolute Gasteiger partial charge is 0.480 e. The molecule has 0 fully saturated rings. The number of nitrogens with one attached hydrogen (secondary N) is 3. The zero-order valence-corrected chi connectivity index (χ0v) is 21.6. The molecule has 4 amide bonds. The fourth-order valence-corrected chi connectivity index (χ4v) is 3.35. The van der Waals surface area contributed by atoms with Crippen molar-refractivity contribution < 1.29 is 29.1 Å². The topological polar surface area (TPSA) is 258 Å². The number of hydrogen-bond donors (Lipinski definition) is 8. The van der Waals surface area contributed by atoms with Gasteiger partial charge >= 0.3 is 5.97 Å². The Bertz CT molecular complexity index is 997. The van der Waals surface area contributed by atoms with Crippen LogP contribution < -0.4 is 38.9 Å². The Hall–Kier alpha value is -4.20. The minimum Gasteiger partial charge on any atom is -0.480 e. The number of guanidine groups is 1. The van der Waals surface area contributed by atoms with E-state index in [1.165, 1.54) is 0 Å². The molecule has 0 bridgehead atoms. The number of primary amides is 1. The summed E-state index contributed by atoms with van der Waals surface area (Å²) in [6, 6.07) is 3.72. The number of carboxylic acid groups (broad SMARTS) is 1.